The molecule has 0 aliphatic carbocycles. The molecule has 4 nitrogen and oxygen atoms in total. The van der Waals surface area contributed by atoms with E-state index in [-0.39, 0.29) is 12.4 Å². The van der Waals surface area contributed by atoms with Crippen LogP contribution in [-0.4, -0.2) is 21.8 Å². The molecule has 1 aliphatic rings. The normalized spacial score (nSPS) is 15.6. The van der Waals surface area contributed by atoms with E-state index in [9.17, 15) is 4.39 Å². The first-order valence-electron chi connectivity index (χ1n) is 7.39. The quantitative estimate of drug-likeness (QED) is 0.831. The van der Waals surface area contributed by atoms with Crippen molar-refractivity contribution in [1.82, 2.24) is 8.75 Å². The van der Waals surface area contributed by atoms with Crippen LogP contribution >= 0.6 is 23.3 Å². The molecule has 0 unspecified atom stereocenters. The molecule has 0 amide bonds. The molecule has 22 heavy (non-hydrogen) atoms. The van der Waals surface area contributed by atoms with Crippen LogP contribution in [0.5, 0.6) is 5.88 Å². The second kappa shape index (κ2) is 7.24. The van der Waals surface area contributed by atoms with Crippen molar-refractivity contribution < 1.29 is 9.13 Å². The summed E-state index contributed by atoms with van der Waals surface area (Å²) in [7, 11) is 0. The van der Waals surface area contributed by atoms with E-state index in [2.05, 4.69) is 13.6 Å². The van der Waals surface area contributed by atoms with Gasteiger partial charge < -0.3 is 9.64 Å². The molecule has 3 rings (SSSR count). The van der Waals surface area contributed by atoms with Crippen molar-refractivity contribution in [2.75, 3.05) is 18.0 Å². The van der Waals surface area contributed by atoms with Gasteiger partial charge in [-0.1, -0.05) is 30.5 Å². The fraction of sp³-hybridized carbons (Fsp3) is 0.467. The number of nitrogens with zero attached hydrogens (tertiary/aromatic N) is 3. The van der Waals surface area contributed by atoms with E-state index in [0.29, 0.717) is 16.5 Å². The van der Waals surface area contributed by atoms with E-state index in [1.807, 2.05) is 0 Å². The van der Waals surface area contributed by atoms with Gasteiger partial charge >= 0.3 is 0 Å². The lowest BCUT2D eigenvalue weighted by molar-refractivity contribution is 0.291. The Morgan fingerprint density at radius 1 is 1.18 bits per heavy atom. The van der Waals surface area contributed by atoms with Gasteiger partial charge in [0.2, 0.25) is 5.82 Å². The third-order valence-electron chi connectivity index (χ3n) is 3.76. The largest absolute Gasteiger partial charge is 0.469 e. The Kier molecular flexibility index (Phi) is 5.10. The lowest BCUT2D eigenvalue weighted by Gasteiger charge is -2.20. The molecule has 0 saturated carbocycles. The molecule has 1 aliphatic heterocycles. The van der Waals surface area contributed by atoms with Crippen molar-refractivity contribution in [3.8, 4) is 5.88 Å². The molecular weight excluding hydrogens is 325 g/mol. The Labute approximate surface area is 138 Å². The average Bonchev–Trinajstić information content (AvgIpc) is 2.80. The molecule has 118 valence electrons. The zero-order chi connectivity index (χ0) is 15.4. The summed E-state index contributed by atoms with van der Waals surface area (Å²) in [5.41, 5.74) is 0.346. The van der Waals surface area contributed by atoms with Crippen LogP contribution in [0, 0.1) is 5.82 Å². The summed E-state index contributed by atoms with van der Waals surface area (Å²) in [6.07, 6.45) is 4.79. The molecule has 2 heterocycles. The summed E-state index contributed by atoms with van der Waals surface area (Å²) in [4.78, 5) is 2.20. The molecule has 7 heteroatoms. The Balaban J connectivity index is 1.72. The Morgan fingerprint density at radius 2 is 1.95 bits per heavy atom. The van der Waals surface area contributed by atoms with E-state index in [0.717, 1.165) is 43.5 Å². The predicted octanol–water partition coefficient (Wildman–Crippen LogP) is 4.29. The molecule has 2 aromatic rings. The van der Waals surface area contributed by atoms with Gasteiger partial charge in [0, 0.05) is 18.7 Å². The van der Waals surface area contributed by atoms with Crippen molar-refractivity contribution in [3.63, 3.8) is 0 Å². The summed E-state index contributed by atoms with van der Waals surface area (Å²) >= 11 is 7.13. The van der Waals surface area contributed by atoms with E-state index in [1.54, 1.807) is 12.1 Å². The first-order valence-corrected chi connectivity index (χ1v) is 8.50. The molecule has 1 aromatic carbocycles. The Hall–Kier alpha value is -1.40. The third kappa shape index (κ3) is 3.50. The lowest BCUT2D eigenvalue weighted by Crippen LogP contribution is -2.24. The number of rotatable bonds is 4. The van der Waals surface area contributed by atoms with Gasteiger partial charge in [-0.25, -0.2) is 4.39 Å². The fourth-order valence-corrected chi connectivity index (χ4v) is 3.29. The molecule has 0 spiro atoms. The number of aromatic nitrogens is 2. The molecular formula is C15H17ClFN3OS. The summed E-state index contributed by atoms with van der Waals surface area (Å²) in [6.45, 7) is 1.97. The van der Waals surface area contributed by atoms with Crippen LogP contribution in [0.15, 0.2) is 18.2 Å². The van der Waals surface area contributed by atoms with Crippen molar-refractivity contribution in [2.45, 2.75) is 32.3 Å². The summed E-state index contributed by atoms with van der Waals surface area (Å²) in [5, 5.41) is 0.361. The highest BCUT2D eigenvalue weighted by molar-refractivity contribution is 6.99. The standard InChI is InChI=1S/C15H17ClFN3OS/c16-12-6-5-7-13(17)11(12)10-21-15-14(18-22-19-15)20-8-3-1-2-4-9-20/h5-7H,1-4,8-10H2. The first-order chi connectivity index (χ1) is 10.8. The molecule has 0 N–H and O–H groups in total. The maximum atomic E-state index is 13.8. The van der Waals surface area contributed by atoms with Gasteiger partial charge in [-0.15, -0.1) is 4.37 Å². The number of benzene rings is 1. The molecule has 1 fully saturated rings. The fourth-order valence-electron chi connectivity index (χ4n) is 2.55. The van der Waals surface area contributed by atoms with E-state index < -0.39 is 0 Å². The van der Waals surface area contributed by atoms with Crippen LogP contribution < -0.4 is 9.64 Å². The van der Waals surface area contributed by atoms with Gasteiger partial charge in [0.05, 0.1) is 16.8 Å². The second-order valence-corrected chi connectivity index (χ2v) is 6.22. The van der Waals surface area contributed by atoms with Crippen LogP contribution in [-0.2, 0) is 6.61 Å². The SMILES string of the molecule is Fc1cccc(Cl)c1COc1nsnc1N1CCCCCC1. The summed E-state index contributed by atoms with van der Waals surface area (Å²) in [6, 6.07) is 4.60. The van der Waals surface area contributed by atoms with Crippen molar-refractivity contribution >= 4 is 29.1 Å². The monoisotopic (exact) mass is 341 g/mol. The van der Waals surface area contributed by atoms with Crippen LogP contribution in [0.3, 0.4) is 0 Å². The maximum absolute atomic E-state index is 13.8. The van der Waals surface area contributed by atoms with Crippen LogP contribution in [0.1, 0.15) is 31.2 Å². The number of ether oxygens (including phenoxy) is 1. The van der Waals surface area contributed by atoms with Crippen LogP contribution in [0.4, 0.5) is 10.2 Å². The Bertz CT molecular complexity index is 609. The number of halogens is 2. The molecule has 0 bridgehead atoms. The minimum Gasteiger partial charge on any atom is -0.469 e. The smallest absolute Gasteiger partial charge is 0.271 e. The first kappa shape index (κ1) is 15.5. The number of hydrogen-bond acceptors (Lipinski definition) is 5. The van der Waals surface area contributed by atoms with Crippen LogP contribution in [0.25, 0.3) is 0 Å². The second-order valence-electron chi connectivity index (χ2n) is 5.28. The zero-order valence-corrected chi connectivity index (χ0v) is 13.7. The molecule has 1 saturated heterocycles. The third-order valence-corrected chi connectivity index (χ3v) is 4.62. The van der Waals surface area contributed by atoms with E-state index in [1.165, 1.54) is 18.9 Å². The van der Waals surface area contributed by atoms with Crippen molar-refractivity contribution in [3.05, 3.63) is 34.6 Å². The highest BCUT2D eigenvalue weighted by Gasteiger charge is 2.19. The number of anilines is 1. The maximum Gasteiger partial charge on any atom is 0.271 e. The van der Waals surface area contributed by atoms with Crippen molar-refractivity contribution in [2.24, 2.45) is 0 Å². The van der Waals surface area contributed by atoms with Gasteiger partial charge in [0.25, 0.3) is 5.88 Å². The van der Waals surface area contributed by atoms with Gasteiger partial charge in [-0.2, -0.15) is 4.37 Å². The van der Waals surface area contributed by atoms with Gasteiger partial charge in [-0.05, 0) is 25.0 Å². The molecule has 1 aromatic heterocycles. The van der Waals surface area contributed by atoms with Gasteiger partial charge in [0.15, 0.2) is 0 Å². The van der Waals surface area contributed by atoms with E-state index in [4.69, 9.17) is 16.3 Å². The van der Waals surface area contributed by atoms with Gasteiger partial charge in [-0.3, -0.25) is 0 Å². The summed E-state index contributed by atoms with van der Waals surface area (Å²) in [5.74, 6) is 0.859. The minimum atomic E-state index is -0.369. The lowest BCUT2D eigenvalue weighted by atomic mass is 10.2. The van der Waals surface area contributed by atoms with E-state index >= 15 is 0 Å². The average molecular weight is 342 g/mol. The zero-order valence-electron chi connectivity index (χ0n) is 12.1. The Morgan fingerprint density at radius 3 is 2.68 bits per heavy atom. The topological polar surface area (TPSA) is 38.3 Å². The highest BCUT2D eigenvalue weighted by Crippen LogP contribution is 2.29. The van der Waals surface area contributed by atoms with Crippen molar-refractivity contribution in [1.29, 1.82) is 0 Å². The van der Waals surface area contributed by atoms with Crippen LogP contribution in [0.2, 0.25) is 5.02 Å². The highest BCUT2D eigenvalue weighted by atomic mass is 35.5. The molecule has 0 atom stereocenters. The predicted molar refractivity (Wildman–Crippen MR) is 86.3 cm³/mol. The number of hydrogen-bond donors (Lipinski definition) is 0. The minimum absolute atomic E-state index is 0.0533. The summed E-state index contributed by atoms with van der Waals surface area (Å²) < 4.78 is 28.0. The molecule has 0 radical (unpaired) electrons. The van der Waals surface area contributed by atoms with Gasteiger partial charge in [0.1, 0.15) is 12.4 Å².